The Bertz CT molecular complexity index is 2540. The molecule has 0 unspecified atom stereocenters. The number of fused-ring (bicyclic) bond motifs is 4. The van der Waals surface area contributed by atoms with Crippen molar-refractivity contribution >= 4 is 49.8 Å². The summed E-state index contributed by atoms with van der Waals surface area (Å²) in [7, 11) is 0. The molecule has 226 valence electrons. The standard InChI is InChI=1S/C46H31NO/c1-3-12-32(13-4-1)33-22-25-37(26-23-33)47(38-27-29-43-42-19-9-10-21-45(42)48-46(43)31-38)44-30-36(24-28-41(44)35-14-5-2-6-15-35)40-20-11-17-34-16-7-8-18-39(34)40/h1-31H. The summed E-state index contributed by atoms with van der Waals surface area (Å²) in [6.07, 6.45) is 0. The van der Waals surface area contributed by atoms with Crippen molar-refractivity contribution in [1.29, 1.82) is 0 Å². The van der Waals surface area contributed by atoms with Crippen molar-refractivity contribution in [1.82, 2.24) is 0 Å². The molecule has 0 saturated heterocycles. The van der Waals surface area contributed by atoms with Gasteiger partial charge in [0, 0.05) is 33.8 Å². The van der Waals surface area contributed by atoms with Crippen molar-refractivity contribution in [2.75, 3.05) is 4.90 Å². The minimum Gasteiger partial charge on any atom is -0.456 e. The summed E-state index contributed by atoms with van der Waals surface area (Å²) in [4.78, 5) is 2.37. The maximum absolute atomic E-state index is 6.42. The molecule has 0 fully saturated rings. The monoisotopic (exact) mass is 613 g/mol. The Morgan fingerprint density at radius 1 is 0.333 bits per heavy atom. The van der Waals surface area contributed by atoms with E-state index in [0.717, 1.165) is 55.7 Å². The van der Waals surface area contributed by atoms with Gasteiger partial charge in [-0.25, -0.2) is 0 Å². The number of para-hydroxylation sites is 1. The molecule has 0 saturated carbocycles. The van der Waals surface area contributed by atoms with Crippen LogP contribution in [0.2, 0.25) is 0 Å². The van der Waals surface area contributed by atoms with Crippen molar-refractivity contribution < 1.29 is 4.42 Å². The molecule has 0 N–H and O–H groups in total. The fourth-order valence-corrected chi connectivity index (χ4v) is 6.94. The molecule has 1 heterocycles. The molecule has 9 aromatic rings. The fraction of sp³-hybridized carbons (Fsp3) is 0. The summed E-state index contributed by atoms with van der Waals surface area (Å²) >= 11 is 0. The zero-order chi connectivity index (χ0) is 31.9. The van der Waals surface area contributed by atoms with Crippen molar-refractivity contribution in [3.05, 3.63) is 188 Å². The van der Waals surface area contributed by atoms with E-state index in [1.807, 2.05) is 12.1 Å². The SMILES string of the molecule is c1ccc(-c2ccc(N(c3ccc4c(c3)oc3ccccc34)c3cc(-c4cccc5ccccc45)ccc3-c3ccccc3)cc2)cc1. The smallest absolute Gasteiger partial charge is 0.137 e. The molecular formula is C46H31NO. The molecule has 0 amide bonds. The first kappa shape index (κ1) is 27.9. The zero-order valence-electron chi connectivity index (χ0n) is 26.3. The second kappa shape index (κ2) is 11.8. The van der Waals surface area contributed by atoms with Crippen molar-refractivity contribution in [3.63, 3.8) is 0 Å². The summed E-state index contributed by atoms with van der Waals surface area (Å²) in [6.45, 7) is 0. The maximum atomic E-state index is 6.42. The number of hydrogen-bond acceptors (Lipinski definition) is 2. The van der Waals surface area contributed by atoms with E-state index in [1.165, 1.54) is 27.5 Å². The van der Waals surface area contributed by atoms with Gasteiger partial charge in [0.1, 0.15) is 11.2 Å². The third kappa shape index (κ3) is 4.92. The number of hydrogen-bond donors (Lipinski definition) is 0. The van der Waals surface area contributed by atoms with Crippen LogP contribution in [0.3, 0.4) is 0 Å². The summed E-state index contributed by atoms with van der Waals surface area (Å²) in [6, 6.07) is 67.0. The summed E-state index contributed by atoms with van der Waals surface area (Å²) in [5.74, 6) is 0. The van der Waals surface area contributed by atoms with E-state index < -0.39 is 0 Å². The van der Waals surface area contributed by atoms with Gasteiger partial charge < -0.3 is 9.32 Å². The number of anilines is 3. The summed E-state index contributed by atoms with van der Waals surface area (Å²) in [5.41, 5.74) is 12.0. The van der Waals surface area contributed by atoms with Gasteiger partial charge in [0.2, 0.25) is 0 Å². The highest BCUT2D eigenvalue weighted by Crippen LogP contribution is 2.45. The summed E-state index contributed by atoms with van der Waals surface area (Å²) < 4.78 is 6.42. The highest BCUT2D eigenvalue weighted by molar-refractivity contribution is 6.06. The van der Waals surface area contributed by atoms with Crippen LogP contribution in [-0.4, -0.2) is 0 Å². The van der Waals surface area contributed by atoms with Crippen LogP contribution in [0.5, 0.6) is 0 Å². The molecule has 0 atom stereocenters. The van der Waals surface area contributed by atoms with Gasteiger partial charge in [0.15, 0.2) is 0 Å². The molecule has 0 aliphatic heterocycles. The molecule has 1 aromatic heterocycles. The highest BCUT2D eigenvalue weighted by atomic mass is 16.3. The van der Waals surface area contributed by atoms with Crippen molar-refractivity contribution in [3.8, 4) is 33.4 Å². The number of nitrogens with zero attached hydrogens (tertiary/aromatic N) is 1. The van der Waals surface area contributed by atoms with Gasteiger partial charge >= 0.3 is 0 Å². The normalized spacial score (nSPS) is 11.3. The predicted molar refractivity (Wildman–Crippen MR) is 202 cm³/mol. The molecule has 0 radical (unpaired) electrons. The molecular weight excluding hydrogens is 583 g/mol. The van der Waals surface area contributed by atoms with Crippen LogP contribution in [0.1, 0.15) is 0 Å². The third-order valence-corrected chi connectivity index (χ3v) is 9.28. The topological polar surface area (TPSA) is 16.4 Å². The lowest BCUT2D eigenvalue weighted by Crippen LogP contribution is -2.11. The maximum Gasteiger partial charge on any atom is 0.137 e. The lowest BCUT2D eigenvalue weighted by atomic mass is 9.94. The molecule has 0 bridgehead atoms. The van der Waals surface area contributed by atoms with Crippen LogP contribution < -0.4 is 4.90 Å². The van der Waals surface area contributed by atoms with E-state index in [-0.39, 0.29) is 0 Å². The average Bonchev–Trinajstić information content (AvgIpc) is 3.54. The molecule has 9 rings (SSSR count). The van der Waals surface area contributed by atoms with Gasteiger partial charge in [-0.1, -0.05) is 146 Å². The highest BCUT2D eigenvalue weighted by Gasteiger charge is 2.20. The van der Waals surface area contributed by atoms with Crippen molar-refractivity contribution in [2.24, 2.45) is 0 Å². The first-order valence-electron chi connectivity index (χ1n) is 16.3. The Hall–Kier alpha value is -6.38. The Morgan fingerprint density at radius 3 is 1.75 bits per heavy atom. The molecule has 0 aliphatic rings. The Labute approximate surface area is 279 Å². The van der Waals surface area contributed by atoms with Crippen LogP contribution in [0.15, 0.2) is 192 Å². The Balaban J connectivity index is 1.29. The lowest BCUT2D eigenvalue weighted by molar-refractivity contribution is 0.669. The number of benzene rings is 8. The van der Waals surface area contributed by atoms with Gasteiger partial charge in [-0.2, -0.15) is 0 Å². The van der Waals surface area contributed by atoms with E-state index >= 15 is 0 Å². The van der Waals surface area contributed by atoms with E-state index in [4.69, 9.17) is 4.42 Å². The minimum absolute atomic E-state index is 0.867. The Morgan fingerprint density at radius 2 is 0.938 bits per heavy atom. The van der Waals surface area contributed by atoms with Gasteiger partial charge in [-0.05, 0) is 75.0 Å². The van der Waals surface area contributed by atoms with E-state index in [9.17, 15) is 0 Å². The van der Waals surface area contributed by atoms with Crippen LogP contribution in [0, 0.1) is 0 Å². The average molecular weight is 614 g/mol. The Kier molecular flexibility index (Phi) is 6.84. The van der Waals surface area contributed by atoms with Crippen LogP contribution in [0.4, 0.5) is 17.1 Å². The summed E-state index contributed by atoms with van der Waals surface area (Å²) in [5, 5.41) is 4.70. The first-order chi connectivity index (χ1) is 23.8. The van der Waals surface area contributed by atoms with Crippen LogP contribution in [0.25, 0.3) is 66.1 Å². The van der Waals surface area contributed by atoms with Crippen molar-refractivity contribution in [2.45, 2.75) is 0 Å². The molecule has 2 heteroatoms. The molecule has 2 nitrogen and oxygen atoms in total. The first-order valence-corrected chi connectivity index (χ1v) is 16.3. The fourth-order valence-electron chi connectivity index (χ4n) is 6.94. The van der Waals surface area contributed by atoms with Gasteiger partial charge in [0.05, 0.1) is 5.69 Å². The van der Waals surface area contributed by atoms with Gasteiger partial charge in [-0.15, -0.1) is 0 Å². The van der Waals surface area contributed by atoms with Crippen LogP contribution in [-0.2, 0) is 0 Å². The lowest BCUT2D eigenvalue weighted by Gasteiger charge is -2.29. The van der Waals surface area contributed by atoms with E-state index in [0.29, 0.717) is 0 Å². The van der Waals surface area contributed by atoms with Gasteiger partial charge in [-0.3, -0.25) is 0 Å². The second-order valence-corrected chi connectivity index (χ2v) is 12.2. The second-order valence-electron chi connectivity index (χ2n) is 12.2. The largest absolute Gasteiger partial charge is 0.456 e. The molecule has 48 heavy (non-hydrogen) atoms. The van der Waals surface area contributed by atoms with Gasteiger partial charge in [0.25, 0.3) is 0 Å². The number of furan rings is 1. The van der Waals surface area contributed by atoms with Crippen LogP contribution >= 0.6 is 0 Å². The quantitative estimate of drug-likeness (QED) is 0.185. The van der Waals surface area contributed by atoms with E-state index in [2.05, 4.69) is 181 Å². The molecule has 0 aliphatic carbocycles. The van der Waals surface area contributed by atoms with E-state index in [1.54, 1.807) is 0 Å². The third-order valence-electron chi connectivity index (χ3n) is 9.28. The minimum atomic E-state index is 0.867. The number of rotatable bonds is 6. The predicted octanol–water partition coefficient (Wildman–Crippen LogP) is 13.2. The molecule has 8 aromatic carbocycles. The zero-order valence-corrected chi connectivity index (χ0v) is 26.3. The molecule has 0 spiro atoms.